The van der Waals surface area contributed by atoms with Gasteiger partial charge in [0, 0.05) is 12.0 Å². The van der Waals surface area contributed by atoms with Crippen molar-refractivity contribution in [3.05, 3.63) is 18.2 Å². The molecule has 5 heteroatoms. The molecule has 2 fully saturated rings. The average Bonchev–Trinajstić information content (AvgIpc) is 3.06. The summed E-state index contributed by atoms with van der Waals surface area (Å²) in [4.78, 5) is 20.9. The van der Waals surface area contributed by atoms with Gasteiger partial charge >= 0.3 is 0 Å². The van der Waals surface area contributed by atoms with Crippen LogP contribution in [0.15, 0.2) is 23.4 Å². The molecule has 0 spiro atoms. The molecule has 2 bridgehead atoms. The Kier molecular flexibility index (Phi) is 3.50. The molecule has 1 aromatic carbocycles. The standard InChI is InChI=1S/C19H24N2O2S/c1-5-23-11-6-7-13-14(10-11)21-17(20-13)24-16-15(22)12-8-9-19(16,4)18(12,2)3/h6-7,10,12,16H,5,8-9H2,1-4H3,(H,20,21). The van der Waals surface area contributed by atoms with E-state index >= 15 is 0 Å². The summed E-state index contributed by atoms with van der Waals surface area (Å²) in [5.74, 6) is 1.46. The van der Waals surface area contributed by atoms with E-state index in [1.807, 2.05) is 25.1 Å². The first-order valence-corrected chi connectivity index (χ1v) is 9.58. The van der Waals surface area contributed by atoms with Crippen LogP contribution in [0.1, 0.15) is 40.5 Å². The van der Waals surface area contributed by atoms with Gasteiger partial charge in [-0.15, -0.1) is 0 Å². The molecule has 2 aliphatic rings. The second-order valence-corrected chi connectivity index (χ2v) is 8.88. The van der Waals surface area contributed by atoms with E-state index in [2.05, 4.69) is 30.7 Å². The second-order valence-electron chi connectivity index (χ2n) is 7.78. The number of ketones is 1. The van der Waals surface area contributed by atoms with Crippen LogP contribution in [0.2, 0.25) is 0 Å². The highest BCUT2D eigenvalue weighted by Crippen LogP contribution is 2.67. The van der Waals surface area contributed by atoms with Gasteiger partial charge in [-0.25, -0.2) is 4.98 Å². The van der Waals surface area contributed by atoms with Gasteiger partial charge in [-0.1, -0.05) is 32.5 Å². The lowest BCUT2D eigenvalue weighted by atomic mass is 9.71. The molecule has 0 aliphatic heterocycles. The van der Waals surface area contributed by atoms with Crippen molar-refractivity contribution in [1.29, 1.82) is 0 Å². The molecule has 0 radical (unpaired) electrons. The molecule has 4 rings (SSSR count). The molecule has 1 N–H and O–H groups in total. The van der Waals surface area contributed by atoms with Crippen molar-refractivity contribution in [1.82, 2.24) is 9.97 Å². The Bertz CT molecular complexity index is 813. The molecule has 24 heavy (non-hydrogen) atoms. The van der Waals surface area contributed by atoms with Crippen molar-refractivity contribution in [2.75, 3.05) is 6.61 Å². The Labute approximate surface area is 146 Å². The van der Waals surface area contributed by atoms with Gasteiger partial charge < -0.3 is 9.72 Å². The van der Waals surface area contributed by atoms with Gasteiger partial charge in [0.05, 0.1) is 22.9 Å². The number of benzene rings is 1. The maximum absolute atomic E-state index is 12.9. The highest BCUT2D eigenvalue weighted by Gasteiger charge is 2.66. The van der Waals surface area contributed by atoms with Crippen LogP contribution in [-0.4, -0.2) is 27.6 Å². The highest BCUT2D eigenvalue weighted by molar-refractivity contribution is 8.00. The van der Waals surface area contributed by atoms with Crippen LogP contribution >= 0.6 is 11.8 Å². The van der Waals surface area contributed by atoms with E-state index in [0.29, 0.717) is 12.4 Å². The number of ether oxygens (including phenoxy) is 1. The molecule has 2 aromatic rings. The molecule has 3 unspecified atom stereocenters. The normalized spacial score (nSPS) is 31.1. The Morgan fingerprint density at radius 3 is 2.83 bits per heavy atom. The SMILES string of the molecule is CCOc1ccc2nc(SC3C(=O)C4CCC3(C)C4(C)C)[nH]c2c1. The summed E-state index contributed by atoms with van der Waals surface area (Å²) in [5, 5.41) is 0.833. The Morgan fingerprint density at radius 1 is 1.38 bits per heavy atom. The fourth-order valence-corrected chi connectivity index (χ4v) is 6.07. The number of aromatic nitrogens is 2. The maximum Gasteiger partial charge on any atom is 0.167 e. The molecule has 4 nitrogen and oxygen atoms in total. The number of aromatic amines is 1. The van der Waals surface area contributed by atoms with Gasteiger partial charge in [0.15, 0.2) is 5.16 Å². The summed E-state index contributed by atoms with van der Waals surface area (Å²) in [6.07, 6.45) is 2.17. The summed E-state index contributed by atoms with van der Waals surface area (Å²) in [7, 11) is 0. The lowest BCUT2D eigenvalue weighted by Gasteiger charge is -2.37. The van der Waals surface area contributed by atoms with Crippen LogP contribution in [0, 0.1) is 16.7 Å². The number of hydrogen-bond acceptors (Lipinski definition) is 4. The summed E-state index contributed by atoms with van der Waals surface area (Å²) in [6, 6.07) is 5.88. The number of rotatable bonds is 4. The van der Waals surface area contributed by atoms with E-state index in [4.69, 9.17) is 4.74 Å². The number of fused-ring (bicyclic) bond motifs is 3. The number of carbonyl (C=O) groups excluding carboxylic acids is 1. The van der Waals surface area contributed by atoms with Crippen molar-refractivity contribution in [2.45, 2.75) is 50.9 Å². The van der Waals surface area contributed by atoms with E-state index < -0.39 is 0 Å². The van der Waals surface area contributed by atoms with Crippen LogP contribution in [0.5, 0.6) is 5.75 Å². The first-order chi connectivity index (χ1) is 11.4. The molecule has 2 aliphatic carbocycles. The fraction of sp³-hybridized carbons (Fsp3) is 0.579. The first-order valence-electron chi connectivity index (χ1n) is 8.70. The lowest BCUT2D eigenvalue weighted by Crippen LogP contribution is -2.35. The lowest BCUT2D eigenvalue weighted by molar-refractivity contribution is -0.122. The molecule has 1 aromatic heterocycles. The van der Waals surface area contributed by atoms with Crippen LogP contribution in [0.3, 0.4) is 0 Å². The van der Waals surface area contributed by atoms with Crippen LogP contribution in [0.25, 0.3) is 11.0 Å². The third-order valence-electron chi connectivity index (χ3n) is 6.45. The van der Waals surface area contributed by atoms with Crippen LogP contribution in [0.4, 0.5) is 0 Å². The minimum atomic E-state index is -0.00169. The van der Waals surface area contributed by atoms with Crippen molar-refractivity contribution in [2.24, 2.45) is 16.7 Å². The van der Waals surface area contributed by atoms with Gasteiger partial charge in [-0.05, 0) is 42.7 Å². The van der Waals surface area contributed by atoms with Gasteiger partial charge in [-0.3, -0.25) is 4.79 Å². The van der Waals surface area contributed by atoms with Gasteiger partial charge in [0.25, 0.3) is 0 Å². The number of H-pyrrole nitrogens is 1. The number of imidazole rings is 1. The summed E-state index contributed by atoms with van der Waals surface area (Å²) in [6.45, 7) is 9.42. The molecule has 128 valence electrons. The molecule has 0 saturated heterocycles. The van der Waals surface area contributed by atoms with Crippen molar-refractivity contribution in [3.63, 3.8) is 0 Å². The summed E-state index contributed by atoms with van der Waals surface area (Å²) >= 11 is 1.61. The topological polar surface area (TPSA) is 55.0 Å². The van der Waals surface area contributed by atoms with E-state index in [-0.39, 0.29) is 22.0 Å². The molecule has 1 heterocycles. The number of nitrogens with zero attached hydrogens (tertiary/aromatic N) is 1. The monoisotopic (exact) mass is 344 g/mol. The molecular weight excluding hydrogens is 320 g/mol. The zero-order chi connectivity index (χ0) is 17.1. The summed E-state index contributed by atoms with van der Waals surface area (Å²) < 4.78 is 5.55. The number of nitrogens with one attached hydrogen (secondary N) is 1. The number of hydrogen-bond donors (Lipinski definition) is 1. The minimum Gasteiger partial charge on any atom is -0.494 e. The van der Waals surface area contributed by atoms with E-state index in [9.17, 15) is 4.79 Å². The first kappa shape index (κ1) is 16.0. The fourth-order valence-electron chi connectivity index (χ4n) is 4.57. The highest BCUT2D eigenvalue weighted by atomic mass is 32.2. The van der Waals surface area contributed by atoms with Crippen molar-refractivity contribution < 1.29 is 9.53 Å². The number of Topliss-reactive ketones (excluding diaryl/α,β-unsaturated/α-hetero) is 1. The van der Waals surface area contributed by atoms with Crippen LogP contribution in [-0.2, 0) is 4.79 Å². The number of thioether (sulfide) groups is 1. The summed E-state index contributed by atoms with van der Waals surface area (Å²) in [5.41, 5.74) is 2.01. The van der Waals surface area contributed by atoms with Crippen molar-refractivity contribution in [3.8, 4) is 5.75 Å². The van der Waals surface area contributed by atoms with Gasteiger partial charge in [0.2, 0.25) is 0 Å². The predicted octanol–water partition coefficient (Wildman–Crippen LogP) is 4.45. The molecule has 3 atom stereocenters. The molecule has 2 saturated carbocycles. The smallest absolute Gasteiger partial charge is 0.167 e. The van der Waals surface area contributed by atoms with Crippen LogP contribution < -0.4 is 4.74 Å². The van der Waals surface area contributed by atoms with E-state index in [0.717, 1.165) is 34.8 Å². The zero-order valence-electron chi connectivity index (χ0n) is 14.7. The largest absolute Gasteiger partial charge is 0.494 e. The quantitative estimate of drug-likeness (QED) is 0.890. The van der Waals surface area contributed by atoms with Crippen molar-refractivity contribution >= 4 is 28.6 Å². The zero-order valence-corrected chi connectivity index (χ0v) is 15.5. The predicted molar refractivity (Wildman–Crippen MR) is 96.5 cm³/mol. The Balaban J connectivity index is 1.64. The van der Waals surface area contributed by atoms with Gasteiger partial charge in [-0.2, -0.15) is 0 Å². The van der Waals surface area contributed by atoms with E-state index in [1.165, 1.54) is 0 Å². The molecule has 0 amide bonds. The average molecular weight is 344 g/mol. The maximum atomic E-state index is 12.9. The van der Waals surface area contributed by atoms with Gasteiger partial charge in [0.1, 0.15) is 11.5 Å². The molecular formula is C19H24N2O2S. The Morgan fingerprint density at radius 2 is 2.17 bits per heavy atom. The number of carbonyl (C=O) groups is 1. The Hall–Kier alpha value is -1.49. The third kappa shape index (κ3) is 2.06. The van der Waals surface area contributed by atoms with E-state index in [1.54, 1.807) is 11.8 Å². The second kappa shape index (κ2) is 5.25. The third-order valence-corrected chi connectivity index (χ3v) is 7.85. The minimum absolute atomic E-state index is 0.00169.